The van der Waals surface area contributed by atoms with E-state index in [9.17, 15) is 0 Å². The summed E-state index contributed by atoms with van der Waals surface area (Å²) < 4.78 is 0. The monoisotopic (exact) mass is 302 g/mol. The minimum Gasteiger partial charge on any atom is -0.330 e. The zero-order valence-electron chi connectivity index (χ0n) is 15.3. The van der Waals surface area contributed by atoms with Crippen molar-refractivity contribution < 1.29 is 0 Å². The first-order valence-corrected chi connectivity index (χ1v) is 8.63. The van der Waals surface area contributed by atoms with Crippen molar-refractivity contribution in [3.8, 4) is 0 Å². The molecule has 0 bridgehead atoms. The van der Waals surface area contributed by atoms with E-state index in [1.165, 1.54) is 24.0 Å². The molecule has 124 valence electrons. The van der Waals surface area contributed by atoms with Gasteiger partial charge >= 0.3 is 0 Å². The minimum atomic E-state index is 0.220. The number of hydrogen-bond acceptors (Lipinski definition) is 2. The van der Waals surface area contributed by atoms with Gasteiger partial charge in [0.1, 0.15) is 0 Å². The van der Waals surface area contributed by atoms with Crippen molar-refractivity contribution in [1.82, 2.24) is 4.90 Å². The number of nitrogens with two attached hydrogens (primary N) is 1. The van der Waals surface area contributed by atoms with Crippen LogP contribution >= 0.6 is 0 Å². The van der Waals surface area contributed by atoms with E-state index < -0.39 is 0 Å². The summed E-state index contributed by atoms with van der Waals surface area (Å²) in [5.74, 6) is 0.645. The van der Waals surface area contributed by atoms with Crippen LogP contribution in [0.5, 0.6) is 0 Å². The molecule has 1 heterocycles. The van der Waals surface area contributed by atoms with Crippen molar-refractivity contribution in [1.29, 1.82) is 0 Å². The van der Waals surface area contributed by atoms with E-state index >= 15 is 0 Å². The fourth-order valence-corrected chi connectivity index (χ4v) is 4.25. The maximum atomic E-state index is 5.85. The summed E-state index contributed by atoms with van der Waals surface area (Å²) in [6, 6.07) is 9.88. The molecule has 1 saturated heterocycles. The van der Waals surface area contributed by atoms with E-state index in [1.54, 1.807) is 0 Å². The molecule has 2 unspecified atom stereocenters. The highest BCUT2D eigenvalue weighted by Crippen LogP contribution is 2.38. The Morgan fingerprint density at radius 3 is 2.14 bits per heavy atom. The largest absolute Gasteiger partial charge is 0.330 e. The summed E-state index contributed by atoms with van der Waals surface area (Å²) in [4.78, 5) is 2.45. The third-order valence-electron chi connectivity index (χ3n) is 5.02. The minimum absolute atomic E-state index is 0.220. The van der Waals surface area contributed by atoms with E-state index in [1.807, 2.05) is 0 Å². The number of likely N-dealkylation sites (tertiary alicyclic amines) is 1. The fourth-order valence-electron chi connectivity index (χ4n) is 4.25. The van der Waals surface area contributed by atoms with Crippen LogP contribution in [0.1, 0.15) is 64.6 Å². The van der Waals surface area contributed by atoms with Gasteiger partial charge in [0, 0.05) is 12.6 Å². The first kappa shape index (κ1) is 17.5. The average Bonchev–Trinajstić information content (AvgIpc) is 2.77. The summed E-state index contributed by atoms with van der Waals surface area (Å²) >= 11 is 0. The van der Waals surface area contributed by atoms with Crippen LogP contribution in [0.2, 0.25) is 0 Å². The smallest absolute Gasteiger partial charge is 0.0348 e. The van der Waals surface area contributed by atoms with Crippen molar-refractivity contribution in [2.75, 3.05) is 20.1 Å². The van der Waals surface area contributed by atoms with Crippen LogP contribution in [-0.4, -0.2) is 25.0 Å². The highest BCUT2D eigenvalue weighted by atomic mass is 15.2. The van der Waals surface area contributed by atoms with E-state index in [0.29, 0.717) is 17.4 Å². The summed E-state index contributed by atoms with van der Waals surface area (Å²) in [5.41, 5.74) is 9.30. The van der Waals surface area contributed by atoms with E-state index in [-0.39, 0.29) is 5.41 Å². The lowest BCUT2D eigenvalue weighted by Gasteiger charge is -2.33. The van der Waals surface area contributed by atoms with Crippen molar-refractivity contribution in [2.45, 2.75) is 58.9 Å². The van der Waals surface area contributed by atoms with Gasteiger partial charge in [-0.25, -0.2) is 0 Å². The lowest BCUT2D eigenvalue weighted by atomic mass is 9.72. The molecule has 1 aromatic carbocycles. The number of benzene rings is 1. The molecule has 2 rings (SSSR count). The predicted molar refractivity (Wildman–Crippen MR) is 96.1 cm³/mol. The summed E-state index contributed by atoms with van der Waals surface area (Å²) in [6.45, 7) is 13.6. The van der Waals surface area contributed by atoms with Crippen LogP contribution in [0.15, 0.2) is 24.3 Å². The molecule has 2 nitrogen and oxygen atoms in total. The van der Waals surface area contributed by atoms with Crippen LogP contribution in [0.3, 0.4) is 0 Å². The van der Waals surface area contributed by atoms with Gasteiger partial charge in [-0.2, -0.15) is 0 Å². The van der Waals surface area contributed by atoms with Gasteiger partial charge < -0.3 is 5.73 Å². The van der Waals surface area contributed by atoms with Gasteiger partial charge in [0.25, 0.3) is 0 Å². The predicted octanol–water partition coefficient (Wildman–Crippen LogP) is 4.35. The normalized spacial score (nSPS) is 24.0. The van der Waals surface area contributed by atoms with Crippen molar-refractivity contribution in [3.05, 3.63) is 35.4 Å². The topological polar surface area (TPSA) is 29.3 Å². The van der Waals surface area contributed by atoms with Gasteiger partial charge in [-0.15, -0.1) is 0 Å². The third kappa shape index (κ3) is 4.11. The highest BCUT2D eigenvalue weighted by molar-refractivity contribution is 5.30. The maximum Gasteiger partial charge on any atom is 0.0348 e. The van der Waals surface area contributed by atoms with E-state index in [0.717, 1.165) is 13.1 Å². The second-order valence-corrected chi connectivity index (χ2v) is 9.04. The molecule has 1 aromatic rings. The van der Waals surface area contributed by atoms with Crippen molar-refractivity contribution in [3.63, 3.8) is 0 Å². The molecular weight excluding hydrogens is 268 g/mol. The summed E-state index contributed by atoms with van der Waals surface area (Å²) in [5, 5.41) is 0. The molecule has 1 aliphatic rings. The second-order valence-electron chi connectivity index (χ2n) is 9.04. The summed E-state index contributed by atoms with van der Waals surface area (Å²) in [7, 11) is 2.22. The third-order valence-corrected chi connectivity index (χ3v) is 5.02. The van der Waals surface area contributed by atoms with Crippen LogP contribution < -0.4 is 5.73 Å². The van der Waals surface area contributed by atoms with Crippen molar-refractivity contribution >= 4 is 0 Å². The number of nitrogens with zero attached hydrogens (tertiary/aromatic N) is 1. The van der Waals surface area contributed by atoms with Crippen LogP contribution in [-0.2, 0) is 5.41 Å². The molecule has 0 amide bonds. The highest BCUT2D eigenvalue weighted by Gasteiger charge is 2.31. The molecule has 2 atom stereocenters. The Kier molecular flexibility index (Phi) is 5.03. The molecule has 1 fully saturated rings. The molecule has 0 spiro atoms. The van der Waals surface area contributed by atoms with Gasteiger partial charge in [0.2, 0.25) is 0 Å². The Balaban J connectivity index is 2.14. The van der Waals surface area contributed by atoms with Gasteiger partial charge in [-0.05, 0) is 54.3 Å². The van der Waals surface area contributed by atoms with Gasteiger partial charge in [0.05, 0.1) is 0 Å². The van der Waals surface area contributed by atoms with Gasteiger partial charge in [-0.3, -0.25) is 4.90 Å². The van der Waals surface area contributed by atoms with E-state index in [4.69, 9.17) is 5.73 Å². The average molecular weight is 303 g/mol. The quantitative estimate of drug-likeness (QED) is 0.896. The molecule has 0 radical (unpaired) electrons. The maximum absolute atomic E-state index is 5.85. The molecule has 0 saturated carbocycles. The number of rotatable bonds is 4. The molecule has 0 aromatic heterocycles. The lowest BCUT2D eigenvalue weighted by molar-refractivity contribution is 0.284. The SMILES string of the molecule is CN1CC(CN)CC1c1ccc(C(C)(C)CC(C)(C)C)cc1. The first-order chi connectivity index (χ1) is 10.1. The zero-order chi connectivity index (χ0) is 16.5. The molecule has 1 aliphatic heterocycles. The van der Waals surface area contributed by atoms with Crippen molar-refractivity contribution in [2.24, 2.45) is 17.1 Å². The van der Waals surface area contributed by atoms with Gasteiger partial charge in [0.15, 0.2) is 0 Å². The van der Waals surface area contributed by atoms with Crippen LogP contribution in [0.4, 0.5) is 0 Å². The standard InChI is InChI=1S/C20H34N2/c1-19(2,3)14-20(4,5)17-9-7-16(8-10-17)18-11-15(12-21)13-22(18)6/h7-10,15,18H,11-14,21H2,1-6H3. The molecule has 2 heteroatoms. The van der Waals surface area contributed by atoms with Gasteiger partial charge in [-0.1, -0.05) is 58.9 Å². The zero-order valence-corrected chi connectivity index (χ0v) is 15.3. The van der Waals surface area contributed by atoms with E-state index in [2.05, 4.69) is 70.8 Å². The number of hydrogen-bond donors (Lipinski definition) is 1. The lowest BCUT2D eigenvalue weighted by Crippen LogP contribution is -2.25. The fraction of sp³-hybridized carbons (Fsp3) is 0.700. The molecular formula is C20H34N2. The Morgan fingerprint density at radius 2 is 1.68 bits per heavy atom. The Labute approximate surface area is 137 Å². The first-order valence-electron chi connectivity index (χ1n) is 8.63. The molecule has 2 N–H and O–H groups in total. The Morgan fingerprint density at radius 1 is 1.09 bits per heavy atom. The van der Waals surface area contributed by atoms with Crippen LogP contribution in [0, 0.1) is 11.3 Å². The Hall–Kier alpha value is -0.860. The second kappa shape index (κ2) is 6.33. The summed E-state index contributed by atoms with van der Waals surface area (Å²) in [6.07, 6.45) is 2.38. The van der Waals surface area contributed by atoms with Crippen LogP contribution in [0.25, 0.3) is 0 Å². The molecule has 22 heavy (non-hydrogen) atoms. The molecule has 0 aliphatic carbocycles. The Bertz CT molecular complexity index is 481.